The third kappa shape index (κ3) is 11.8. The number of carboxylic acid groups (broad SMARTS) is 2. The van der Waals surface area contributed by atoms with Gasteiger partial charge in [0, 0.05) is 0 Å². The molecule has 0 aliphatic carbocycles. The topological polar surface area (TPSA) is 107 Å². The summed E-state index contributed by atoms with van der Waals surface area (Å²) < 4.78 is 4.16. The Morgan fingerprint density at radius 1 is 1.47 bits per heavy atom. The van der Waals surface area contributed by atoms with Gasteiger partial charge in [-0.3, -0.25) is 0 Å². The summed E-state index contributed by atoms with van der Waals surface area (Å²) in [6, 6.07) is 0. The molecule has 2 N–H and O–H groups in total. The smallest absolute Gasteiger partial charge is 0.414 e. The van der Waals surface area contributed by atoms with Gasteiger partial charge in [-0.2, -0.15) is 0 Å². The van der Waals surface area contributed by atoms with Gasteiger partial charge in [-0.05, 0) is 6.92 Å². The Kier molecular flexibility index (Phi) is 10.5. The first-order valence-corrected chi connectivity index (χ1v) is 4.78. The quantitative estimate of drug-likeness (QED) is 0.305. The van der Waals surface area contributed by atoms with Crippen molar-refractivity contribution < 1.29 is 24.4 Å². The van der Waals surface area contributed by atoms with Crippen LogP contribution in [0.4, 0.5) is 0 Å². The second-order valence-corrected chi connectivity index (χ2v) is 2.79. The molecule has 1 aromatic rings. The third-order valence-corrected chi connectivity index (χ3v) is 1.37. The Morgan fingerprint density at radius 2 is 1.88 bits per heavy atom. The molecule has 0 radical (unpaired) electrons. The number of imidazole rings is 1. The van der Waals surface area contributed by atoms with Crippen molar-refractivity contribution in [2.75, 3.05) is 0 Å². The maximum absolute atomic E-state index is 9.10. The molecule has 0 fully saturated rings. The average molecular weight is 259 g/mol. The molecular weight excluding hydrogens is 246 g/mol. The Bertz CT molecular complexity index is 385. The van der Waals surface area contributed by atoms with E-state index in [-0.39, 0.29) is 0 Å². The highest BCUT2D eigenvalue weighted by Gasteiger charge is 2.04. The van der Waals surface area contributed by atoms with E-state index in [1.54, 1.807) is 0 Å². The van der Waals surface area contributed by atoms with Gasteiger partial charge in [0.05, 0.1) is 13.6 Å². The van der Waals surface area contributed by atoms with E-state index in [2.05, 4.69) is 36.6 Å². The maximum atomic E-state index is 9.10. The van der Waals surface area contributed by atoms with E-state index in [0.717, 1.165) is 6.54 Å². The number of hydrogen-bond donors (Lipinski definition) is 2. The molecule has 0 saturated carbocycles. The van der Waals surface area contributed by atoms with Crippen LogP contribution in [0.15, 0.2) is 18.7 Å². The molecule has 8 heteroatoms. The molecule has 94 valence electrons. The fourth-order valence-electron chi connectivity index (χ4n) is 0.689. The van der Waals surface area contributed by atoms with Crippen molar-refractivity contribution in [3.05, 3.63) is 18.7 Å². The number of thiocyanates is 1. The molecule has 17 heavy (non-hydrogen) atoms. The van der Waals surface area contributed by atoms with Crippen molar-refractivity contribution >= 4 is 24.6 Å². The first kappa shape index (κ1) is 17.3. The average Bonchev–Trinajstić information content (AvgIpc) is 2.66. The van der Waals surface area contributed by atoms with Crippen molar-refractivity contribution in [1.82, 2.24) is 4.57 Å². The molecule has 0 spiro atoms. The van der Waals surface area contributed by atoms with Crippen molar-refractivity contribution in [2.45, 2.75) is 13.5 Å². The zero-order chi connectivity index (χ0) is 13.8. The lowest BCUT2D eigenvalue weighted by Crippen LogP contribution is -2.23. The van der Waals surface area contributed by atoms with Crippen LogP contribution in [0.5, 0.6) is 0 Å². The molecule has 0 aromatic carbocycles. The summed E-state index contributed by atoms with van der Waals surface area (Å²) in [5.41, 5.74) is 0. The van der Waals surface area contributed by atoms with E-state index < -0.39 is 11.9 Å². The predicted octanol–water partition coefficient (Wildman–Crippen LogP) is -0.498. The van der Waals surface area contributed by atoms with Gasteiger partial charge in [-0.1, -0.05) is 5.40 Å². The molecule has 0 saturated heterocycles. The standard InChI is InChI=1S/C6H11N2.C2H2O4.CHNS/c1-3-8-5-4-7(2)6-8;3-1(4)2(5)6;2-1-3/h4-6H,3H2,1-2H3;(H,3,4)(H,5,6);3H/q+1;;/p-1. The molecule has 1 aromatic heterocycles. The Hall–Kier alpha value is -2.14. The summed E-state index contributed by atoms with van der Waals surface area (Å²) in [6.07, 6.45) is 6.14. The van der Waals surface area contributed by atoms with Crippen LogP contribution in [0, 0.1) is 10.7 Å². The Labute approximate surface area is 104 Å². The van der Waals surface area contributed by atoms with E-state index in [1.165, 1.54) is 5.40 Å². The van der Waals surface area contributed by atoms with Gasteiger partial charge in [0.15, 0.2) is 0 Å². The summed E-state index contributed by atoms with van der Waals surface area (Å²) >= 11 is 3.70. The number of aliphatic carboxylic acids is 2. The second-order valence-electron chi connectivity index (χ2n) is 2.61. The van der Waals surface area contributed by atoms with Gasteiger partial charge < -0.3 is 22.8 Å². The summed E-state index contributed by atoms with van der Waals surface area (Å²) in [6.45, 7) is 3.18. The van der Waals surface area contributed by atoms with Crippen LogP contribution in [-0.4, -0.2) is 26.7 Å². The Morgan fingerprint density at radius 3 is 2.00 bits per heavy atom. The van der Waals surface area contributed by atoms with Gasteiger partial charge in [-0.15, -0.1) is 0 Å². The lowest BCUT2D eigenvalue weighted by atomic mass is 10.7. The first-order valence-electron chi connectivity index (χ1n) is 4.37. The van der Waals surface area contributed by atoms with Gasteiger partial charge in [0.2, 0.25) is 6.33 Å². The number of nitriles is 1. The highest BCUT2D eigenvalue weighted by Crippen LogP contribution is 1.79. The highest BCUT2D eigenvalue weighted by molar-refractivity contribution is 7.64. The number of aromatic nitrogens is 2. The summed E-state index contributed by atoms with van der Waals surface area (Å²) in [4.78, 5) is 18.2. The minimum Gasteiger partial charge on any atom is -0.696 e. The number of aryl methyl sites for hydroxylation is 2. The third-order valence-electron chi connectivity index (χ3n) is 1.37. The molecule has 1 rings (SSSR count). The van der Waals surface area contributed by atoms with Gasteiger partial charge in [0.25, 0.3) is 0 Å². The minimum absolute atomic E-state index is 1.06. The number of nitrogens with zero attached hydrogens (tertiary/aromatic N) is 3. The molecule has 7 nitrogen and oxygen atoms in total. The lowest BCUT2D eigenvalue weighted by molar-refractivity contribution is -0.671. The maximum Gasteiger partial charge on any atom is 0.414 e. The molecule has 0 aliphatic rings. The number of carboxylic acids is 2. The molecular formula is C9H13N3O4S. The SMILES string of the molecule is CCn1cc[n+](C)c1.N#C[S-].O=C(O)C(=O)O. The Balaban J connectivity index is 0. The van der Waals surface area contributed by atoms with Gasteiger partial charge in [-0.25, -0.2) is 24.0 Å². The van der Waals surface area contributed by atoms with Gasteiger partial charge >= 0.3 is 11.9 Å². The van der Waals surface area contributed by atoms with Crippen LogP contribution < -0.4 is 4.57 Å². The fourth-order valence-corrected chi connectivity index (χ4v) is 0.689. The fraction of sp³-hybridized carbons (Fsp3) is 0.333. The lowest BCUT2D eigenvalue weighted by Gasteiger charge is -1.81. The number of hydrogen-bond acceptors (Lipinski definition) is 4. The zero-order valence-electron chi connectivity index (χ0n) is 9.40. The van der Waals surface area contributed by atoms with E-state index in [1.807, 2.05) is 17.8 Å². The molecule has 0 bridgehead atoms. The highest BCUT2D eigenvalue weighted by atomic mass is 32.1. The van der Waals surface area contributed by atoms with Crippen LogP contribution in [0.25, 0.3) is 0 Å². The summed E-state index contributed by atoms with van der Waals surface area (Å²) in [5, 5.41) is 23.2. The normalized spacial score (nSPS) is 7.59. The summed E-state index contributed by atoms with van der Waals surface area (Å²) in [7, 11) is 2.02. The van der Waals surface area contributed by atoms with Crippen LogP contribution >= 0.6 is 0 Å². The largest absolute Gasteiger partial charge is 0.696 e. The molecule has 0 amide bonds. The minimum atomic E-state index is -1.82. The number of carbonyl (C=O) groups is 2. The first-order chi connectivity index (χ1) is 7.88. The van der Waals surface area contributed by atoms with Crippen LogP contribution in [0.2, 0.25) is 0 Å². The number of rotatable bonds is 1. The molecule has 1 heterocycles. The van der Waals surface area contributed by atoms with E-state index in [9.17, 15) is 0 Å². The van der Waals surface area contributed by atoms with Crippen LogP contribution in [0.1, 0.15) is 6.92 Å². The molecule has 0 aliphatic heterocycles. The van der Waals surface area contributed by atoms with E-state index in [0.29, 0.717) is 0 Å². The van der Waals surface area contributed by atoms with E-state index >= 15 is 0 Å². The van der Waals surface area contributed by atoms with Crippen molar-refractivity contribution in [3.63, 3.8) is 0 Å². The predicted molar refractivity (Wildman–Crippen MR) is 59.5 cm³/mol. The molecule has 0 atom stereocenters. The van der Waals surface area contributed by atoms with Gasteiger partial charge in [0.1, 0.15) is 12.4 Å². The van der Waals surface area contributed by atoms with Crippen LogP contribution in [-0.2, 0) is 35.8 Å². The zero-order valence-corrected chi connectivity index (χ0v) is 10.2. The van der Waals surface area contributed by atoms with Crippen molar-refractivity contribution in [1.29, 1.82) is 5.26 Å². The van der Waals surface area contributed by atoms with E-state index in [4.69, 9.17) is 25.1 Å². The molecule has 0 unspecified atom stereocenters. The second kappa shape index (κ2) is 10.4. The van der Waals surface area contributed by atoms with Crippen LogP contribution in [0.3, 0.4) is 0 Å². The monoisotopic (exact) mass is 259 g/mol. The van der Waals surface area contributed by atoms with Crippen molar-refractivity contribution in [2.24, 2.45) is 7.05 Å². The summed E-state index contributed by atoms with van der Waals surface area (Å²) in [5.74, 6) is -3.65. The van der Waals surface area contributed by atoms with Crippen molar-refractivity contribution in [3.8, 4) is 5.40 Å².